The van der Waals surface area contributed by atoms with Gasteiger partial charge in [0.15, 0.2) is 16.4 Å². The number of rotatable bonds is 5. The molecule has 8 heteroatoms. The predicted octanol–water partition coefficient (Wildman–Crippen LogP) is 3.52. The number of hydrogen-bond donors (Lipinski definition) is 0. The molecule has 0 bridgehead atoms. The summed E-state index contributed by atoms with van der Waals surface area (Å²) in [5.74, 6) is -0.227. The van der Waals surface area contributed by atoms with E-state index in [0.717, 1.165) is 17.5 Å². The van der Waals surface area contributed by atoms with Crippen LogP contribution in [0.5, 0.6) is 5.75 Å². The van der Waals surface area contributed by atoms with E-state index in [2.05, 4.69) is 0 Å². The number of aromatic nitrogens is 1. The number of halogens is 2. The maximum absolute atomic E-state index is 13.1. The second-order valence-electron chi connectivity index (χ2n) is 6.50. The van der Waals surface area contributed by atoms with Gasteiger partial charge >= 0.3 is 0 Å². The maximum Gasteiger partial charge on any atom is 0.202 e. The van der Waals surface area contributed by atoms with Crippen molar-refractivity contribution in [1.82, 2.24) is 4.57 Å². The lowest BCUT2D eigenvalue weighted by molar-refractivity contribution is 0.0921. The van der Waals surface area contributed by atoms with Gasteiger partial charge in [-0.25, -0.2) is 12.8 Å². The minimum absolute atomic E-state index is 0.0959. The number of ketones is 1. The number of carbonyl (C=O) groups is 1. The van der Waals surface area contributed by atoms with Gasteiger partial charge in [-0.15, -0.1) is 0 Å². The van der Waals surface area contributed by atoms with E-state index in [1.54, 1.807) is 13.0 Å². The molecule has 1 aliphatic rings. The second-order valence-corrected chi connectivity index (χ2v) is 9.13. The molecular formula is C18H19ClFNO4S. The summed E-state index contributed by atoms with van der Waals surface area (Å²) in [6.07, 6.45) is 0.550. The molecule has 0 spiro atoms. The Kier molecular flexibility index (Phi) is 5.12. The number of hydrogen-bond acceptors (Lipinski definition) is 4. The van der Waals surface area contributed by atoms with Gasteiger partial charge in [-0.2, -0.15) is 0 Å². The summed E-state index contributed by atoms with van der Waals surface area (Å²) < 4.78 is 43.9. The minimum Gasteiger partial charge on any atom is -0.484 e. The molecule has 0 saturated carbocycles. The average Bonchev–Trinajstić information content (AvgIpc) is 3.05. The summed E-state index contributed by atoms with van der Waals surface area (Å²) in [4.78, 5) is 12.6. The van der Waals surface area contributed by atoms with Crippen molar-refractivity contribution in [2.75, 3.05) is 18.1 Å². The van der Waals surface area contributed by atoms with Gasteiger partial charge in [0, 0.05) is 23.0 Å². The standard InChI is InChI=1S/C18H19ClFNO4S/c1-11-7-15(12(2)21(11)14-5-6-26(23,24)10-14)17(22)9-25-18-4-3-13(20)8-16(18)19/h3-4,7-8,14H,5-6,9-10H2,1-2H3. The highest BCUT2D eigenvalue weighted by Gasteiger charge is 2.31. The molecular weight excluding hydrogens is 381 g/mol. The number of benzene rings is 1. The number of ether oxygens (including phenoxy) is 1. The summed E-state index contributed by atoms with van der Waals surface area (Å²) in [6.45, 7) is 3.42. The first-order chi connectivity index (χ1) is 12.2. The fourth-order valence-corrected chi connectivity index (χ4v) is 5.34. The number of Topliss-reactive ketones (excluding diaryl/α,β-unsaturated/α-hetero) is 1. The molecule has 2 heterocycles. The summed E-state index contributed by atoms with van der Waals surface area (Å²) in [5.41, 5.74) is 2.06. The van der Waals surface area contributed by atoms with Gasteiger partial charge in [-0.1, -0.05) is 11.6 Å². The van der Waals surface area contributed by atoms with Crippen LogP contribution in [0.3, 0.4) is 0 Å². The molecule has 1 atom stereocenters. The fraction of sp³-hybridized carbons (Fsp3) is 0.389. The molecule has 1 unspecified atom stereocenters. The Hall–Kier alpha value is -1.86. The molecule has 1 saturated heterocycles. The van der Waals surface area contributed by atoms with Crippen molar-refractivity contribution in [2.24, 2.45) is 0 Å². The van der Waals surface area contributed by atoms with Crippen LogP contribution >= 0.6 is 11.6 Å². The van der Waals surface area contributed by atoms with E-state index in [1.165, 1.54) is 12.1 Å². The van der Waals surface area contributed by atoms with Gasteiger partial charge in [0.1, 0.15) is 11.6 Å². The van der Waals surface area contributed by atoms with E-state index in [1.807, 2.05) is 11.5 Å². The Labute approximate surface area is 156 Å². The van der Waals surface area contributed by atoms with Crippen LogP contribution in [0.4, 0.5) is 4.39 Å². The van der Waals surface area contributed by atoms with Gasteiger partial charge in [0.05, 0.1) is 16.5 Å². The van der Waals surface area contributed by atoms with Gasteiger partial charge < -0.3 is 9.30 Å². The van der Waals surface area contributed by atoms with Crippen LogP contribution in [0.15, 0.2) is 24.3 Å². The van der Waals surface area contributed by atoms with E-state index in [4.69, 9.17) is 16.3 Å². The summed E-state index contributed by atoms with van der Waals surface area (Å²) in [5, 5.41) is 0.0967. The first kappa shape index (κ1) is 18.9. The third-order valence-corrected chi connectivity index (χ3v) is 6.66. The highest BCUT2D eigenvalue weighted by molar-refractivity contribution is 7.91. The smallest absolute Gasteiger partial charge is 0.202 e. The quantitative estimate of drug-likeness (QED) is 0.721. The Morgan fingerprint density at radius 2 is 2.08 bits per heavy atom. The summed E-state index contributed by atoms with van der Waals surface area (Å²) in [6, 6.07) is 5.30. The molecule has 1 aromatic heterocycles. The zero-order valence-electron chi connectivity index (χ0n) is 14.5. The van der Waals surface area contributed by atoms with Crippen LogP contribution < -0.4 is 4.74 Å². The van der Waals surface area contributed by atoms with Crippen molar-refractivity contribution in [3.8, 4) is 5.75 Å². The predicted molar refractivity (Wildman–Crippen MR) is 97.4 cm³/mol. The number of aryl methyl sites for hydroxylation is 1. The average molecular weight is 400 g/mol. The van der Waals surface area contributed by atoms with Crippen LogP contribution in [0.2, 0.25) is 5.02 Å². The van der Waals surface area contributed by atoms with Crippen LogP contribution in [0.25, 0.3) is 0 Å². The third kappa shape index (κ3) is 3.78. The molecule has 0 amide bonds. The Morgan fingerprint density at radius 1 is 1.35 bits per heavy atom. The van der Waals surface area contributed by atoms with Crippen molar-refractivity contribution < 1.29 is 22.3 Å². The summed E-state index contributed by atoms with van der Waals surface area (Å²) in [7, 11) is -3.02. The molecule has 1 fully saturated rings. The molecule has 0 aliphatic carbocycles. The molecule has 2 aromatic rings. The molecule has 26 heavy (non-hydrogen) atoms. The van der Waals surface area contributed by atoms with Crippen molar-refractivity contribution in [3.63, 3.8) is 0 Å². The molecule has 140 valence electrons. The van der Waals surface area contributed by atoms with Gasteiger partial charge in [0.25, 0.3) is 0 Å². The highest BCUT2D eigenvalue weighted by Crippen LogP contribution is 2.30. The lowest BCUT2D eigenvalue weighted by Gasteiger charge is -2.16. The highest BCUT2D eigenvalue weighted by atomic mass is 35.5. The third-order valence-electron chi connectivity index (χ3n) is 4.61. The topological polar surface area (TPSA) is 65.4 Å². The van der Waals surface area contributed by atoms with Crippen LogP contribution in [-0.4, -0.2) is 36.9 Å². The van der Waals surface area contributed by atoms with Crippen molar-refractivity contribution >= 4 is 27.2 Å². The molecule has 3 rings (SSSR count). The zero-order valence-corrected chi connectivity index (χ0v) is 16.0. The van der Waals surface area contributed by atoms with Gasteiger partial charge in [0.2, 0.25) is 5.78 Å². The Bertz CT molecular complexity index is 968. The monoisotopic (exact) mass is 399 g/mol. The zero-order chi connectivity index (χ0) is 19.1. The van der Waals surface area contributed by atoms with Gasteiger partial charge in [-0.3, -0.25) is 4.79 Å². The number of nitrogens with zero attached hydrogens (tertiary/aromatic N) is 1. The van der Waals surface area contributed by atoms with Crippen LogP contribution in [0.1, 0.15) is 34.2 Å². The largest absolute Gasteiger partial charge is 0.484 e. The number of sulfone groups is 1. The van der Waals surface area contributed by atoms with Crippen molar-refractivity contribution in [3.05, 3.63) is 52.1 Å². The van der Waals surface area contributed by atoms with Gasteiger partial charge in [-0.05, 0) is 44.5 Å². The molecule has 0 N–H and O–H groups in total. The van der Waals surface area contributed by atoms with Crippen molar-refractivity contribution in [2.45, 2.75) is 26.3 Å². The lowest BCUT2D eigenvalue weighted by Crippen LogP contribution is -2.16. The molecule has 0 radical (unpaired) electrons. The van der Waals surface area contributed by atoms with E-state index in [9.17, 15) is 17.6 Å². The van der Waals surface area contributed by atoms with Crippen LogP contribution in [0, 0.1) is 19.7 Å². The lowest BCUT2D eigenvalue weighted by atomic mass is 10.1. The SMILES string of the molecule is Cc1cc(C(=O)COc2ccc(F)cc2Cl)c(C)n1C1CCS(=O)(=O)C1. The first-order valence-corrected chi connectivity index (χ1v) is 10.4. The number of carbonyl (C=O) groups excluding carboxylic acids is 1. The van der Waals surface area contributed by atoms with Crippen LogP contribution in [-0.2, 0) is 9.84 Å². The van der Waals surface area contributed by atoms with E-state index >= 15 is 0 Å². The Morgan fingerprint density at radius 3 is 2.69 bits per heavy atom. The molecule has 5 nitrogen and oxygen atoms in total. The second kappa shape index (κ2) is 7.04. The van der Waals surface area contributed by atoms with E-state index in [-0.39, 0.29) is 40.7 Å². The first-order valence-electron chi connectivity index (χ1n) is 8.18. The fourth-order valence-electron chi connectivity index (χ4n) is 3.41. The van der Waals surface area contributed by atoms with E-state index in [0.29, 0.717) is 12.0 Å². The maximum atomic E-state index is 13.1. The van der Waals surface area contributed by atoms with Crippen molar-refractivity contribution in [1.29, 1.82) is 0 Å². The minimum atomic E-state index is -3.02. The van der Waals surface area contributed by atoms with E-state index < -0.39 is 15.7 Å². The summed E-state index contributed by atoms with van der Waals surface area (Å²) >= 11 is 5.90. The molecule has 1 aliphatic heterocycles. The normalized spacial score (nSPS) is 18.8. The Balaban J connectivity index is 1.77. The molecule has 1 aromatic carbocycles.